The minimum atomic E-state index is -0.610. The molecule has 0 radical (unpaired) electrons. The lowest BCUT2D eigenvalue weighted by Crippen LogP contribution is -2.45. The summed E-state index contributed by atoms with van der Waals surface area (Å²) in [7, 11) is 0. The van der Waals surface area contributed by atoms with Gasteiger partial charge in [0.25, 0.3) is 0 Å². The molecule has 0 aromatic heterocycles. The summed E-state index contributed by atoms with van der Waals surface area (Å²) in [6.07, 6.45) is 8.08. The van der Waals surface area contributed by atoms with E-state index in [1.807, 2.05) is 0 Å². The van der Waals surface area contributed by atoms with Crippen molar-refractivity contribution in [3.8, 4) is 0 Å². The van der Waals surface area contributed by atoms with Gasteiger partial charge in [-0.3, -0.25) is 9.69 Å². The van der Waals surface area contributed by atoms with Gasteiger partial charge in [-0.15, -0.1) is 0 Å². The molecule has 0 bridgehead atoms. The van der Waals surface area contributed by atoms with Crippen LogP contribution in [0.1, 0.15) is 44.9 Å². The van der Waals surface area contributed by atoms with Gasteiger partial charge in [-0.1, -0.05) is 12.8 Å². The van der Waals surface area contributed by atoms with Gasteiger partial charge < -0.3 is 9.84 Å². The number of carboxylic acid groups (broad SMARTS) is 1. The number of aliphatic carboxylic acids is 1. The average Bonchev–Trinajstić information content (AvgIpc) is 2.79. The number of fused-ring (bicyclic) bond motifs is 1. The number of carbonyl (C=O) groups is 1. The molecule has 0 spiro atoms. The molecule has 4 nitrogen and oxygen atoms in total. The molecule has 0 aromatic carbocycles. The Morgan fingerprint density at radius 1 is 1.16 bits per heavy atom. The van der Waals surface area contributed by atoms with Crippen molar-refractivity contribution in [3.05, 3.63) is 0 Å². The predicted octanol–water partition coefficient (Wildman–Crippen LogP) is 2.13. The number of ether oxygens (including phenoxy) is 1. The maximum absolute atomic E-state index is 11.5. The first-order valence-electron chi connectivity index (χ1n) is 7.82. The van der Waals surface area contributed by atoms with Crippen molar-refractivity contribution in [1.29, 1.82) is 0 Å². The predicted molar refractivity (Wildman–Crippen MR) is 72.0 cm³/mol. The van der Waals surface area contributed by atoms with Crippen LogP contribution in [0.25, 0.3) is 0 Å². The number of likely N-dealkylation sites (tertiary alicyclic amines) is 1. The summed E-state index contributed by atoms with van der Waals surface area (Å²) in [5, 5.41) is 9.49. The highest BCUT2D eigenvalue weighted by molar-refractivity contribution is 5.74. The Hall–Kier alpha value is -0.610. The van der Waals surface area contributed by atoms with Crippen molar-refractivity contribution in [2.24, 2.45) is 11.8 Å². The van der Waals surface area contributed by atoms with Gasteiger partial charge in [-0.2, -0.15) is 0 Å². The number of hydrogen-bond donors (Lipinski definition) is 1. The van der Waals surface area contributed by atoms with Gasteiger partial charge in [0.1, 0.15) is 6.04 Å². The zero-order valence-electron chi connectivity index (χ0n) is 11.6. The molecule has 0 unspecified atom stereocenters. The first-order chi connectivity index (χ1) is 9.25. The largest absolute Gasteiger partial charge is 0.480 e. The van der Waals surface area contributed by atoms with E-state index in [2.05, 4.69) is 4.90 Å². The van der Waals surface area contributed by atoms with Gasteiger partial charge in [0.15, 0.2) is 0 Å². The lowest BCUT2D eigenvalue weighted by molar-refractivity contribution is -0.143. The van der Waals surface area contributed by atoms with Gasteiger partial charge in [0.2, 0.25) is 0 Å². The molecule has 3 atom stereocenters. The zero-order chi connectivity index (χ0) is 13.2. The molecule has 1 saturated carbocycles. The standard InChI is InChI=1S/C15H25NO3/c17-15(18)14-9-12-3-1-2-4-13(12)16(14)10-11-5-7-19-8-6-11/h11-14H,1-10H2,(H,17,18)/t12-,13+,14-/m0/s1. The second-order valence-electron chi connectivity index (χ2n) is 6.45. The van der Waals surface area contributed by atoms with E-state index in [-0.39, 0.29) is 6.04 Å². The fourth-order valence-corrected chi connectivity index (χ4v) is 4.29. The molecular formula is C15H25NO3. The van der Waals surface area contributed by atoms with E-state index in [9.17, 15) is 9.90 Å². The molecule has 108 valence electrons. The van der Waals surface area contributed by atoms with E-state index in [0.29, 0.717) is 17.9 Å². The van der Waals surface area contributed by atoms with E-state index >= 15 is 0 Å². The third-order valence-electron chi connectivity index (χ3n) is 5.32. The molecular weight excluding hydrogens is 242 g/mol. The van der Waals surface area contributed by atoms with Gasteiger partial charge in [-0.25, -0.2) is 0 Å². The van der Waals surface area contributed by atoms with Gasteiger partial charge in [0.05, 0.1) is 0 Å². The summed E-state index contributed by atoms with van der Waals surface area (Å²) in [6, 6.07) is 0.314. The number of nitrogens with zero attached hydrogens (tertiary/aromatic N) is 1. The average molecular weight is 267 g/mol. The summed E-state index contributed by atoms with van der Waals surface area (Å²) >= 11 is 0. The Morgan fingerprint density at radius 2 is 1.89 bits per heavy atom. The van der Waals surface area contributed by atoms with Gasteiger partial charge in [-0.05, 0) is 43.9 Å². The quantitative estimate of drug-likeness (QED) is 0.851. The highest BCUT2D eigenvalue weighted by atomic mass is 16.5. The highest BCUT2D eigenvalue weighted by Crippen LogP contribution is 2.40. The van der Waals surface area contributed by atoms with Crippen LogP contribution in [0.15, 0.2) is 0 Å². The minimum Gasteiger partial charge on any atom is -0.480 e. The topological polar surface area (TPSA) is 49.8 Å². The van der Waals surface area contributed by atoms with Crippen molar-refractivity contribution in [3.63, 3.8) is 0 Å². The van der Waals surface area contributed by atoms with Crippen LogP contribution in [0.3, 0.4) is 0 Å². The molecule has 3 fully saturated rings. The van der Waals surface area contributed by atoms with Crippen molar-refractivity contribution in [2.75, 3.05) is 19.8 Å². The second kappa shape index (κ2) is 5.80. The fraction of sp³-hybridized carbons (Fsp3) is 0.933. The van der Waals surface area contributed by atoms with Crippen LogP contribution in [0.4, 0.5) is 0 Å². The van der Waals surface area contributed by atoms with E-state index in [1.165, 1.54) is 25.7 Å². The van der Waals surface area contributed by atoms with E-state index in [0.717, 1.165) is 39.0 Å². The lowest BCUT2D eigenvalue weighted by Gasteiger charge is -2.36. The highest BCUT2D eigenvalue weighted by Gasteiger charge is 2.45. The van der Waals surface area contributed by atoms with Crippen molar-refractivity contribution < 1.29 is 14.6 Å². The summed E-state index contributed by atoms with van der Waals surface area (Å²) < 4.78 is 5.41. The maximum atomic E-state index is 11.5. The molecule has 3 aliphatic rings. The Morgan fingerprint density at radius 3 is 2.63 bits per heavy atom. The van der Waals surface area contributed by atoms with E-state index in [4.69, 9.17) is 4.74 Å². The van der Waals surface area contributed by atoms with Crippen LogP contribution in [-0.2, 0) is 9.53 Å². The Kier molecular flexibility index (Phi) is 4.08. The smallest absolute Gasteiger partial charge is 0.320 e. The minimum absolute atomic E-state index is 0.226. The molecule has 1 N–H and O–H groups in total. The molecule has 19 heavy (non-hydrogen) atoms. The van der Waals surface area contributed by atoms with Crippen LogP contribution in [0.5, 0.6) is 0 Å². The molecule has 2 aliphatic heterocycles. The number of carboxylic acids is 1. The van der Waals surface area contributed by atoms with Crippen LogP contribution in [0, 0.1) is 11.8 Å². The molecule has 0 aromatic rings. The molecule has 4 heteroatoms. The first-order valence-corrected chi connectivity index (χ1v) is 7.82. The van der Waals surface area contributed by atoms with Crippen LogP contribution in [-0.4, -0.2) is 47.8 Å². The van der Waals surface area contributed by atoms with E-state index in [1.54, 1.807) is 0 Å². The van der Waals surface area contributed by atoms with Crippen molar-refractivity contribution in [2.45, 2.75) is 57.0 Å². The van der Waals surface area contributed by atoms with Gasteiger partial charge in [0, 0.05) is 25.8 Å². The third-order valence-corrected chi connectivity index (χ3v) is 5.32. The van der Waals surface area contributed by atoms with Crippen LogP contribution in [0.2, 0.25) is 0 Å². The molecule has 2 heterocycles. The van der Waals surface area contributed by atoms with Gasteiger partial charge >= 0.3 is 5.97 Å². The maximum Gasteiger partial charge on any atom is 0.320 e. The summed E-state index contributed by atoms with van der Waals surface area (Å²) in [4.78, 5) is 13.9. The molecule has 0 amide bonds. The van der Waals surface area contributed by atoms with Crippen molar-refractivity contribution in [1.82, 2.24) is 4.90 Å². The third kappa shape index (κ3) is 2.79. The van der Waals surface area contributed by atoms with Crippen LogP contribution >= 0.6 is 0 Å². The zero-order valence-corrected chi connectivity index (χ0v) is 11.6. The summed E-state index contributed by atoms with van der Waals surface area (Å²) in [6.45, 7) is 2.68. The summed E-state index contributed by atoms with van der Waals surface area (Å²) in [5.41, 5.74) is 0. The Labute approximate surface area is 115 Å². The lowest BCUT2D eigenvalue weighted by atomic mass is 9.84. The number of hydrogen-bond acceptors (Lipinski definition) is 3. The Bertz CT molecular complexity index is 327. The SMILES string of the molecule is O=C(O)[C@@H]1C[C@@H]2CCCC[C@H]2N1CC1CCOCC1. The van der Waals surface area contributed by atoms with Crippen LogP contribution < -0.4 is 0 Å². The summed E-state index contributed by atoms with van der Waals surface area (Å²) in [5.74, 6) is 0.660. The Balaban J connectivity index is 1.69. The monoisotopic (exact) mass is 267 g/mol. The first kappa shape index (κ1) is 13.4. The molecule has 2 saturated heterocycles. The second-order valence-corrected chi connectivity index (χ2v) is 6.45. The number of rotatable bonds is 3. The molecule has 3 rings (SSSR count). The van der Waals surface area contributed by atoms with E-state index < -0.39 is 5.97 Å². The molecule has 1 aliphatic carbocycles. The fourth-order valence-electron chi connectivity index (χ4n) is 4.29. The normalized spacial score (nSPS) is 37.2. The van der Waals surface area contributed by atoms with Crippen molar-refractivity contribution >= 4 is 5.97 Å².